The molecule has 5 nitrogen and oxygen atoms in total. The van der Waals surface area contributed by atoms with Gasteiger partial charge in [-0.2, -0.15) is 5.10 Å². The Morgan fingerprint density at radius 1 is 1.40 bits per heavy atom. The van der Waals surface area contributed by atoms with Gasteiger partial charge in [0.1, 0.15) is 12.1 Å². The van der Waals surface area contributed by atoms with Gasteiger partial charge in [0, 0.05) is 18.7 Å². The van der Waals surface area contributed by atoms with Crippen molar-refractivity contribution in [3.63, 3.8) is 0 Å². The van der Waals surface area contributed by atoms with Crippen LogP contribution in [0.5, 0.6) is 0 Å². The van der Waals surface area contributed by atoms with Gasteiger partial charge >= 0.3 is 0 Å². The molecular weight excluding hydrogens is 259 g/mol. The molecule has 0 aliphatic carbocycles. The van der Waals surface area contributed by atoms with E-state index in [1.807, 2.05) is 6.92 Å². The van der Waals surface area contributed by atoms with E-state index in [1.54, 1.807) is 23.1 Å². The quantitative estimate of drug-likeness (QED) is 0.881. The average molecular weight is 276 g/mol. The normalized spacial score (nSPS) is 10.5. The number of halogens is 1. The number of unbranched alkanes of at least 4 members (excludes halogenated alkanes) is 1. The van der Waals surface area contributed by atoms with E-state index in [-0.39, 0.29) is 24.1 Å². The van der Waals surface area contributed by atoms with Gasteiger partial charge in [0.2, 0.25) is 5.82 Å². The van der Waals surface area contributed by atoms with Crippen LogP contribution < -0.4 is 0 Å². The molecule has 106 valence electrons. The number of rotatable bonds is 6. The van der Waals surface area contributed by atoms with Crippen LogP contribution in [0, 0.1) is 5.82 Å². The topological polar surface area (TPSA) is 61.9 Å². The van der Waals surface area contributed by atoms with Crippen molar-refractivity contribution in [3.05, 3.63) is 47.8 Å². The van der Waals surface area contributed by atoms with E-state index < -0.39 is 0 Å². The second-order valence-corrected chi connectivity index (χ2v) is 4.51. The predicted octanol–water partition coefficient (Wildman–Crippen LogP) is 2.39. The van der Waals surface area contributed by atoms with Crippen LogP contribution in [0.4, 0.5) is 4.39 Å². The molecule has 0 bridgehead atoms. The lowest BCUT2D eigenvalue weighted by Gasteiger charge is -2.21. The Hall–Kier alpha value is -2.24. The molecule has 1 aromatic heterocycles. The van der Waals surface area contributed by atoms with E-state index in [1.165, 1.54) is 12.4 Å². The Morgan fingerprint density at radius 2 is 2.20 bits per heavy atom. The van der Waals surface area contributed by atoms with Crippen LogP contribution in [0.1, 0.15) is 35.9 Å². The van der Waals surface area contributed by atoms with Gasteiger partial charge in [-0.05, 0) is 12.5 Å². The molecule has 20 heavy (non-hydrogen) atoms. The Balaban J connectivity index is 2.15. The van der Waals surface area contributed by atoms with Crippen molar-refractivity contribution >= 4 is 5.91 Å². The average Bonchev–Trinajstić information content (AvgIpc) is 2.99. The molecule has 0 unspecified atom stereocenters. The molecule has 0 saturated carbocycles. The van der Waals surface area contributed by atoms with Gasteiger partial charge in [0.05, 0.1) is 0 Å². The van der Waals surface area contributed by atoms with Crippen LogP contribution in [-0.2, 0) is 6.54 Å². The number of hydrogen-bond acceptors (Lipinski definition) is 3. The summed E-state index contributed by atoms with van der Waals surface area (Å²) in [5, 5.41) is 6.22. The molecule has 0 fully saturated rings. The number of aromatic amines is 1. The number of carbonyl (C=O) groups is 1. The van der Waals surface area contributed by atoms with Crippen molar-refractivity contribution in [2.45, 2.75) is 26.3 Å². The van der Waals surface area contributed by atoms with E-state index >= 15 is 0 Å². The maximum atomic E-state index is 13.7. The fourth-order valence-electron chi connectivity index (χ4n) is 1.89. The third-order valence-electron chi connectivity index (χ3n) is 3.01. The molecule has 0 aliphatic rings. The highest BCUT2D eigenvalue weighted by Gasteiger charge is 2.19. The van der Waals surface area contributed by atoms with Crippen LogP contribution in [0.2, 0.25) is 0 Å². The largest absolute Gasteiger partial charge is 0.332 e. The Labute approximate surface area is 116 Å². The summed E-state index contributed by atoms with van der Waals surface area (Å²) in [6, 6.07) is 6.47. The van der Waals surface area contributed by atoms with E-state index in [9.17, 15) is 9.18 Å². The highest BCUT2D eigenvalue weighted by molar-refractivity contribution is 5.90. The molecule has 0 atom stereocenters. The highest BCUT2D eigenvalue weighted by atomic mass is 19.1. The van der Waals surface area contributed by atoms with E-state index in [0.717, 1.165) is 12.8 Å². The van der Waals surface area contributed by atoms with E-state index in [0.29, 0.717) is 12.1 Å². The van der Waals surface area contributed by atoms with Gasteiger partial charge in [-0.25, -0.2) is 9.37 Å². The first kappa shape index (κ1) is 14.2. The molecule has 1 aromatic carbocycles. The lowest BCUT2D eigenvalue weighted by molar-refractivity contribution is 0.0727. The maximum absolute atomic E-state index is 13.7. The summed E-state index contributed by atoms with van der Waals surface area (Å²) in [4.78, 5) is 17.7. The van der Waals surface area contributed by atoms with Crippen LogP contribution in [0.15, 0.2) is 30.6 Å². The standard InChI is InChI=1S/C14H17FN4O/c1-2-3-8-19(14(20)13-16-10-17-18-13)9-11-6-4-5-7-12(11)15/h4-7,10H,2-3,8-9H2,1H3,(H,16,17,18). The highest BCUT2D eigenvalue weighted by Crippen LogP contribution is 2.12. The van der Waals surface area contributed by atoms with Crippen LogP contribution in [0.3, 0.4) is 0 Å². The van der Waals surface area contributed by atoms with E-state index in [4.69, 9.17) is 0 Å². The number of benzene rings is 1. The molecule has 0 aliphatic heterocycles. The van der Waals surface area contributed by atoms with Crippen LogP contribution >= 0.6 is 0 Å². The zero-order chi connectivity index (χ0) is 14.4. The molecule has 2 rings (SSSR count). The van der Waals surface area contributed by atoms with Crippen molar-refractivity contribution in [3.8, 4) is 0 Å². The fraction of sp³-hybridized carbons (Fsp3) is 0.357. The Kier molecular flexibility index (Phi) is 4.81. The first-order valence-corrected chi connectivity index (χ1v) is 6.60. The summed E-state index contributed by atoms with van der Waals surface area (Å²) in [5.74, 6) is -0.393. The number of nitrogens with one attached hydrogen (secondary N) is 1. The Bertz CT molecular complexity index is 556. The SMILES string of the molecule is CCCCN(Cc1ccccc1F)C(=O)c1ncn[nH]1. The van der Waals surface area contributed by atoms with Crippen molar-refractivity contribution in [1.29, 1.82) is 0 Å². The van der Waals surface area contributed by atoms with Crippen molar-refractivity contribution in [2.24, 2.45) is 0 Å². The number of carbonyl (C=O) groups excluding carboxylic acids is 1. The van der Waals surface area contributed by atoms with Gasteiger partial charge in [-0.15, -0.1) is 0 Å². The summed E-state index contributed by atoms with van der Waals surface area (Å²) in [7, 11) is 0. The maximum Gasteiger partial charge on any atom is 0.291 e. The molecule has 1 heterocycles. The summed E-state index contributed by atoms with van der Waals surface area (Å²) in [5.41, 5.74) is 0.497. The summed E-state index contributed by atoms with van der Waals surface area (Å²) in [6.45, 7) is 2.83. The number of nitrogens with zero attached hydrogens (tertiary/aromatic N) is 3. The summed E-state index contributed by atoms with van der Waals surface area (Å²) >= 11 is 0. The van der Waals surface area contributed by atoms with Gasteiger partial charge in [-0.1, -0.05) is 31.5 Å². The summed E-state index contributed by atoms with van der Waals surface area (Å²) in [6.07, 6.45) is 3.10. The molecule has 6 heteroatoms. The Morgan fingerprint density at radius 3 is 2.85 bits per heavy atom. The molecule has 0 radical (unpaired) electrons. The van der Waals surface area contributed by atoms with Crippen LogP contribution in [0.25, 0.3) is 0 Å². The smallest absolute Gasteiger partial charge is 0.291 e. The second-order valence-electron chi connectivity index (χ2n) is 4.51. The fourth-order valence-corrected chi connectivity index (χ4v) is 1.89. The minimum absolute atomic E-state index is 0.178. The van der Waals surface area contributed by atoms with Gasteiger partial charge in [-0.3, -0.25) is 9.89 Å². The third kappa shape index (κ3) is 3.40. The van der Waals surface area contributed by atoms with Gasteiger partial charge < -0.3 is 4.90 Å². The first-order valence-electron chi connectivity index (χ1n) is 6.60. The van der Waals surface area contributed by atoms with Crippen molar-refractivity contribution < 1.29 is 9.18 Å². The van der Waals surface area contributed by atoms with Crippen molar-refractivity contribution in [1.82, 2.24) is 20.1 Å². The van der Waals surface area contributed by atoms with Crippen LogP contribution in [-0.4, -0.2) is 32.5 Å². The summed E-state index contributed by atoms with van der Waals surface area (Å²) < 4.78 is 13.7. The predicted molar refractivity (Wildman–Crippen MR) is 72.4 cm³/mol. The van der Waals surface area contributed by atoms with Gasteiger partial charge in [0.15, 0.2) is 0 Å². The molecule has 1 N–H and O–H groups in total. The zero-order valence-corrected chi connectivity index (χ0v) is 11.3. The molecule has 1 amide bonds. The molecule has 0 spiro atoms. The van der Waals surface area contributed by atoms with Crippen molar-refractivity contribution in [2.75, 3.05) is 6.54 Å². The minimum atomic E-state index is -0.306. The number of aromatic nitrogens is 3. The number of hydrogen-bond donors (Lipinski definition) is 1. The lowest BCUT2D eigenvalue weighted by Crippen LogP contribution is -2.32. The lowest BCUT2D eigenvalue weighted by atomic mass is 10.2. The minimum Gasteiger partial charge on any atom is -0.332 e. The molecule has 2 aromatic rings. The first-order chi connectivity index (χ1) is 9.72. The monoisotopic (exact) mass is 276 g/mol. The second kappa shape index (κ2) is 6.79. The zero-order valence-electron chi connectivity index (χ0n) is 11.3. The molecule has 0 saturated heterocycles. The van der Waals surface area contributed by atoms with Gasteiger partial charge in [0.25, 0.3) is 5.91 Å². The number of H-pyrrole nitrogens is 1. The third-order valence-corrected chi connectivity index (χ3v) is 3.01. The number of amides is 1. The van der Waals surface area contributed by atoms with E-state index in [2.05, 4.69) is 15.2 Å². The molecular formula is C14H17FN4O.